The standard InChI is InChI=1S/C18H18N6O/c1-12-6-7-16-20-21-17(24(16)22-12)13-8-10-23(11-9-13)18-19-14-4-2-3-5-15(14)25-18/h2-7,13H,8-11H2,1H3. The molecule has 0 atom stereocenters. The van der Waals surface area contributed by atoms with E-state index in [-0.39, 0.29) is 0 Å². The fourth-order valence-electron chi connectivity index (χ4n) is 3.48. The molecule has 0 N–H and O–H groups in total. The monoisotopic (exact) mass is 334 g/mol. The number of hydrogen-bond donors (Lipinski definition) is 0. The number of aromatic nitrogens is 5. The molecule has 1 aliphatic rings. The van der Waals surface area contributed by atoms with Crippen molar-refractivity contribution in [1.29, 1.82) is 0 Å². The van der Waals surface area contributed by atoms with Gasteiger partial charge in [0.05, 0.1) is 5.69 Å². The Morgan fingerprint density at radius 3 is 2.72 bits per heavy atom. The van der Waals surface area contributed by atoms with Crippen molar-refractivity contribution >= 4 is 22.8 Å². The average molecular weight is 334 g/mol. The van der Waals surface area contributed by atoms with Gasteiger partial charge in [0, 0.05) is 19.0 Å². The summed E-state index contributed by atoms with van der Waals surface area (Å²) in [6.07, 6.45) is 1.96. The molecule has 1 saturated heterocycles. The molecule has 1 fully saturated rings. The molecule has 0 unspecified atom stereocenters. The van der Waals surface area contributed by atoms with Crippen LogP contribution in [-0.4, -0.2) is 37.9 Å². The predicted octanol–water partition coefficient (Wildman–Crippen LogP) is 2.96. The quantitative estimate of drug-likeness (QED) is 0.561. The van der Waals surface area contributed by atoms with E-state index < -0.39 is 0 Å². The first-order chi connectivity index (χ1) is 12.3. The molecular weight excluding hydrogens is 316 g/mol. The van der Waals surface area contributed by atoms with Gasteiger partial charge < -0.3 is 9.32 Å². The third-order valence-corrected chi connectivity index (χ3v) is 4.83. The van der Waals surface area contributed by atoms with Crippen molar-refractivity contribution in [1.82, 2.24) is 24.8 Å². The number of para-hydroxylation sites is 2. The van der Waals surface area contributed by atoms with E-state index in [9.17, 15) is 0 Å². The van der Waals surface area contributed by atoms with E-state index in [2.05, 4.69) is 25.2 Å². The lowest BCUT2D eigenvalue weighted by molar-refractivity contribution is 0.449. The third-order valence-electron chi connectivity index (χ3n) is 4.83. The molecule has 3 aromatic heterocycles. The largest absolute Gasteiger partial charge is 0.423 e. The Balaban J connectivity index is 1.37. The second-order valence-electron chi connectivity index (χ2n) is 6.53. The highest BCUT2D eigenvalue weighted by Gasteiger charge is 2.27. The van der Waals surface area contributed by atoms with Crippen LogP contribution in [-0.2, 0) is 0 Å². The van der Waals surface area contributed by atoms with Crippen LogP contribution in [0.1, 0.15) is 30.3 Å². The Bertz CT molecular complexity index is 1010. The van der Waals surface area contributed by atoms with Crippen LogP contribution in [0.25, 0.3) is 16.7 Å². The van der Waals surface area contributed by atoms with E-state index in [1.54, 1.807) is 0 Å². The summed E-state index contributed by atoms with van der Waals surface area (Å²) in [7, 11) is 0. The highest BCUT2D eigenvalue weighted by molar-refractivity contribution is 5.74. The van der Waals surface area contributed by atoms with Crippen LogP contribution in [0.4, 0.5) is 6.01 Å². The summed E-state index contributed by atoms with van der Waals surface area (Å²) in [5.74, 6) is 1.31. The minimum atomic E-state index is 0.352. The number of anilines is 1. The minimum absolute atomic E-state index is 0.352. The summed E-state index contributed by atoms with van der Waals surface area (Å²) in [6, 6.07) is 12.5. The lowest BCUT2D eigenvalue weighted by Gasteiger charge is -2.29. The van der Waals surface area contributed by atoms with E-state index in [1.165, 1.54) is 0 Å². The van der Waals surface area contributed by atoms with Gasteiger partial charge in [-0.25, -0.2) is 0 Å². The normalized spacial score (nSPS) is 16.1. The van der Waals surface area contributed by atoms with Crippen LogP contribution in [0, 0.1) is 6.92 Å². The number of fused-ring (bicyclic) bond motifs is 2. The van der Waals surface area contributed by atoms with Crippen LogP contribution < -0.4 is 4.90 Å². The highest BCUT2D eigenvalue weighted by atomic mass is 16.4. The van der Waals surface area contributed by atoms with E-state index >= 15 is 0 Å². The summed E-state index contributed by atoms with van der Waals surface area (Å²) < 4.78 is 7.77. The Kier molecular flexibility index (Phi) is 3.19. The van der Waals surface area contributed by atoms with Crippen LogP contribution in [0.3, 0.4) is 0 Å². The van der Waals surface area contributed by atoms with E-state index in [0.29, 0.717) is 11.9 Å². The van der Waals surface area contributed by atoms with Gasteiger partial charge in [0.15, 0.2) is 17.1 Å². The predicted molar refractivity (Wildman–Crippen MR) is 93.7 cm³/mol. The molecule has 7 heteroatoms. The van der Waals surface area contributed by atoms with Crippen molar-refractivity contribution in [3.63, 3.8) is 0 Å². The molecule has 7 nitrogen and oxygen atoms in total. The van der Waals surface area contributed by atoms with Gasteiger partial charge in [-0.1, -0.05) is 12.1 Å². The summed E-state index contributed by atoms with van der Waals surface area (Å²) in [5.41, 5.74) is 3.52. The molecule has 0 radical (unpaired) electrons. The zero-order valence-electron chi connectivity index (χ0n) is 14.0. The van der Waals surface area contributed by atoms with Gasteiger partial charge in [-0.2, -0.15) is 14.6 Å². The minimum Gasteiger partial charge on any atom is -0.423 e. The number of oxazole rings is 1. The Morgan fingerprint density at radius 2 is 1.88 bits per heavy atom. The molecule has 25 heavy (non-hydrogen) atoms. The van der Waals surface area contributed by atoms with Gasteiger partial charge in [-0.3, -0.25) is 0 Å². The topological polar surface area (TPSA) is 72.4 Å². The second kappa shape index (κ2) is 5.54. The van der Waals surface area contributed by atoms with Gasteiger partial charge in [-0.05, 0) is 44.0 Å². The zero-order chi connectivity index (χ0) is 16.8. The number of rotatable bonds is 2. The molecule has 4 heterocycles. The molecule has 0 bridgehead atoms. The van der Waals surface area contributed by atoms with Gasteiger partial charge >= 0.3 is 0 Å². The van der Waals surface area contributed by atoms with E-state index in [1.807, 2.05) is 47.8 Å². The molecule has 4 aromatic rings. The van der Waals surface area contributed by atoms with E-state index in [4.69, 9.17) is 4.42 Å². The maximum Gasteiger partial charge on any atom is 0.298 e. The zero-order valence-corrected chi connectivity index (χ0v) is 14.0. The van der Waals surface area contributed by atoms with Crippen molar-refractivity contribution in [2.24, 2.45) is 0 Å². The summed E-state index contributed by atoms with van der Waals surface area (Å²) >= 11 is 0. The fourth-order valence-corrected chi connectivity index (χ4v) is 3.48. The number of benzene rings is 1. The molecule has 1 aromatic carbocycles. The second-order valence-corrected chi connectivity index (χ2v) is 6.53. The smallest absolute Gasteiger partial charge is 0.298 e. The van der Waals surface area contributed by atoms with Crippen molar-refractivity contribution in [3.8, 4) is 0 Å². The SMILES string of the molecule is Cc1ccc2nnc(C3CCN(c4nc5ccccc5o4)CC3)n2n1. The molecule has 5 rings (SSSR count). The van der Waals surface area contributed by atoms with Crippen LogP contribution in [0.2, 0.25) is 0 Å². The lowest BCUT2D eigenvalue weighted by Crippen LogP contribution is -2.33. The van der Waals surface area contributed by atoms with Gasteiger partial charge in [-0.15, -0.1) is 10.2 Å². The van der Waals surface area contributed by atoms with Crippen LogP contribution in [0.15, 0.2) is 40.8 Å². The maximum atomic E-state index is 5.89. The van der Waals surface area contributed by atoms with Crippen LogP contribution in [0.5, 0.6) is 0 Å². The molecule has 0 spiro atoms. The maximum absolute atomic E-state index is 5.89. The summed E-state index contributed by atoms with van der Waals surface area (Å²) in [4.78, 5) is 6.81. The van der Waals surface area contributed by atoms with Gasteiger partial charge in [0.25, 0.3) is 6.01 Å². The molecule has 0 saturated carbocycles. The van der Waals surface area contributed by atoms with Crippen molar-refractivity contribution in [2.75, 3.05) is 18.0 Å². The number of nitrogens with zero attached hydrogens (tertiary/aromatic N) is 6. The lowest BCUT2D eigenvalue weighted by atomic mass is 9.96. The van der Waals surface area contributed by atoms with Crippen molar-refractivity contribution in [2.45, 2.75) is 25.7 Å². The molecule has 0 amide bonds. The third kappa shape index (κ3) is 2.43. The highest BCUT2D eigenvalue weighted by Crippen LogP contribution is 2.30. The molecule has 1 aliphatic heterocycles. The molecular formula is C18H18N6O. The summed E-state index contributed by atoms with van der Waals surface area (Å²) in [5, 5.41) is 13.2. The van der Waals surface area contributed by atoms with Gasteiger partial charge in [0.1, 0.15) is 5.52 Å². The first-order valence-corrected chi connectivity index (χ1v) is 8.57. The molecule has 126 valence electrons. The Hall–Kier alpha value is -2.96. The van der Waals surface area contributed by atoms with Crippen molar-refractivity contribution in [3.05, 3.63) is 47.9 Å². The number of piperidine rings is 1. The average Bonchev–Trinajstić information content (AvgIpc) is 3.25. The molecule has 0 aliphatic carbocycles. The van der Waals surface area contributed by atoms with E-state index in [0.717, 1.165) is 54.2 Å². The fraction of sp³-hybridized carbons (Fsp3) is 0.333. The first-order valence-electron chi connectivity index (χ1n) is 8.57. The Labute approximate surface area is 144 Å². The van der Waals surface area contributed by atoms with Gasteiger partial charge in [0.2, 0.25) is 0 Å². The summed E-state index contributed by atoms with van der Waals surface area (Å²) in [6.45, 7) is 3.76. The Morgan fingerprint density at radius 1 is 1.04 bits per heavy atom. The number of aryl methyl sites for hydroxylation is 1. The van der Waals surface area contributed by atoms with Crippen LogP contribution >= 0.6 is 0 Å². The first kappa shape index (κ1) is 14.4. The van der Waals surface area contributed by atoms with Crippen molar-refractivity contribution < 1.29 is 4.42 Å². The number of hydrogen-bond acceptors (Lipinski definition) is 6.